The molecule has 1 unspecified atom stereocenters. The van der Waals surface area contributed by atoms with Crippen molar-refractivity contribution in [3.63, 3.8) is 0 Å². The molecule has 1 aromatic carbocycles. The number of carbonyl (C=O) groups is 2. The molecule has 0 aliphatic carbocycles. The van der Waals surface area contributed by atoms with Crippen LogP contribution in [-0.4, -0.2) is 23.4 Å². The van der Waals surface area contributed by atoms with Crippen molar-refractivity contribution >= 4 is 46.0 Å². The molecule has 1 rings (SSSR count). The Morgan fingerprint density at radius 3 is 2.40 bits per heavy atom. The maximum atomic E-state index is 12.0. The molecule has 0 heterocycles. The van der Waals surface area contributed by atoms with Crippen molar-refractivity contribution < 1.29 is 9.59 Å². The van der Waals surface area contributed by atoms with Gasteiger partial charge in [0.2, 0.25) is 5.91 Å². The zero-order valence-electron chi connectivity index (χ0n) is 11.9. The summed E-state index contributed by atoms with van der Waals surface area (Å²) in [5, 5.41) is 5.99. The number of hydrogen-bond donors (Lipinski definition) is 2. The maximum Gasteiger partial charge on any atom is 0.251 e. The summed E-state index contributed by atoms with van der Waals surface area (Å²) in [6.07, 6.45) is 0. The monoisotopic (exact) mass is 408 g/mol. The Labute approximate surface area is 137 Å². The van der Waals surface area contributed by atoms with Crippen molar-refractivity contribution in [3.8, 4) is 0 Å². The molecule has 0 saturated heterocycles. The van der Waals surface area contributed by atoms with E-state index >= 15 is 0 Å². The van der Waals surface area contributed by atoms with Gasteiger partial charge in [-0.2, -0.15) is 0 Å². The number of carbonyl (C=O) groups excluding carboxylic acids is 2. The molecule has 0 spiro atoms. The third-order valence-corrected chi connectivity index (χ3v) is 3.99. The summed E-state index contributed by atoms with van der Waals surface area (Å²) < 4.78 is 0.874. The van der Waals surface area contributed by atoms with E-state index in [1.54, 1.807) is 25.1 Å². The molecule has 0 aliphatic rings. The van der Waals surface area contributed by atoms with E-state index in [-0.39, 0.29) is 17.4 Å². The van der Waals surface area contributed by atoms with Crippen LogP contribution in [0.2, 0.25) is 5.02 Å². The van der Waals surface area contributed by atoms with Crippen LogP contribution in [0, 0.1) is 3.57 Å². The lowest BCUT2D eigenvalue weighted by atomic mass is 10.1. The van der Waals surface area contributed by atoms with Gasteiger partial charge in [-0.05, 0) is 68.5 Å². The SMILES string of the molecule is CC(NC(=O)c1ccc(I)c(Cl)c1)C(=O)NC(C)(C)C. The fourth-order valence-electron chi connectivity index (χ4n) is 1.46. The van der Waals surface area contributed by atoms with Gasteiger partial charge >= 0.3 is 0 Å². The molecular weight excluding hydrogens is 391 g/mol. The van der Waals surface area contributed by atoms with Crippen LogP contribution < -0.4 is 10.6 Å². The molecule has 0 fully saturated rings. The first kappa shape index (κ1) is 17.2. The Balaban J connectivity index is 2.70. The molecule has 110 valence electrons. The van der Waals surface area contributed by atoms with Gasteiger partial charge < -0.3 is 10.6 Å². The van der Waals surface area contributed by atoms with Crippen LogP contribution in [0.3, 0.4) is 0 Å². The van der Waals surface area contributed by atoms with E-state index in [2.05, 4.69) is 33.2 Å². The number of hydrogen-bond acceptors (Lipinski definition) is 2. The Hall–Kier alpha value is -0.820. The number of benzene rings is 1. The van der Waals surface area contributed by atoms with Gasteiger partial charge in [0, 0.05) is 14.7 Å². The summed E-state index contributed by atoms with van der Waals surface area (Å²) in [5.41, 5.74) is 0.105. The van der Waals surface area contributed by atoms with E-state index in [9.17, 15) is 9.59 Å². The van der Waals surface area contributed by atoms with Gasteiger partial charge in [-0.3, -0.25) is 9.59 Å². The molecule has 0 saturated carbocycles. The molecule has 20 heavy (non-hydrogen) atoms. The van der Waals surface area contributed by atoms with Crippen molar-refractivity contribution in [2.75, 3.05) is 0 Å². The largest absolute Gasteiger partial charge is 0.350 e. The summed E-state index contributed by atoms with van der Waals surface area (Å²) >= 11 is 8.06. The maximum absolute atomic E-state index is 12.0. The Morgan fingerprint density at radius 1 is 1.30 bits per heavy atom. The van der Waals surface area contributed by atoms with Crippen LogP contribution in [-0.2, 0) is 4.79 Å². The zero-order valence-corrected chi connectivity index (χ0v) is 14.8. The first-order valence-corrected chi connectivity index (χ1v) is 7.64. The number of nitrogens with one attached hydrogen (secondary N) is 2. The molecule has 0 aliphatic heterocycles. The molecular formula is C14H18ClIN2O2. The minimum absolute atomic E-state index is 0.220. The van der Waals surface area contributed by atoms with E-state index < -0.39 is 6.04 Å². The summed E-state index contributed by atoms with van der Waals surface area (Å²) in [6, 6.07) is 4.42. The second-order valence-corrected chi connectivity index (χ2v) is 7.13. The predicted molar refractivity (Wildman–Crippen MR) is 89.0 cm³/mol. The lowest BCUT2D eigenvalue weighted by Crippen LogP contribution is -2.50. The molecule has 1 atom stereocenters. The molecule has 4 nitrogen and oxygen atoms in total. The standard InChI is InChI=1S/C14H18ClIN2O2/c1-8(12(19)18-14(2,3)4)17-13(20)9-5-6-11(16)10(15)7-9/h5-8H,1-4H3,(H,17,20)(H,18,19). The predicted octanol–water partition coefficient (Wildman–Crippen LogP) is 2.98. The summed E-state index contributed by atoms with van der Waals surface area (Å²) in [5.74, 6) is -0.540. The highest BCUT2D eigenvalue weighted by atomic mass is 127. The quantitative estimate of drug-likeness (QED) is 0.756. The minimum atomic E-state index is -0.611. The van der Waals surface area contributed by atoms with E-state index in [1.165, 1.54) is 0 Å². The fraction of sp³-hybridized carbons (Fsp3) is 0.429. The van der Waals surface area contributed by atoms with Gasteiger partial charge in [-0.15, -0.1) is 0 Å². The number of rotatable bonds is 3. The van der Waals surface area contributed by atoms with Crippen molar-refractivity contribution in [1.82, 2.24) is 10.6 Å². The van der Waals surface area contributed by atoms with E-state index in [4.69, 9.17) is 11.6 Å². The minimum Gasteiger partial charge on any atom is -0.350 e. The van der Waals surface area contributed by atoms with Crippen molar-refractivity contribution in [2.45, 2.75) is 39.3 Å². The van der Waals surface area contributed by atoms with Gasteiger partial charge in [0.25, 0.3) is 5.91 Å². The third-order valence-electron chi connectivity index (χ3n) is 2.42. The average Bonchev–Trinajstić information content (AvgIpc) is 2.30. The molecule has 0 radical (unpaired) electrons. The average molecular weight is 409 g/mol. The highest BCUT2D eigenvalue weighted by Crippen LogP contribution is 2.19. The van der Waals surface area contributed by atoms with E-state index in [0.717, 1.165) is 3.57 Å². The Kier molecular flexibility index (Phi) is 5.82. The second kappa shape index (κ2) is 6.76. The topological polar surface area (TPSA) is 58.2 Å². The molecule has 2 N–H and O–H groups in total. The van der Waals surface area contributed by atoms with Crippen LogP contribution >= 0.6 is 34.2 Å². The first-order chi connectivity index (χ1) is 9.10. The Bertz CT molecular complexity index is 526. The smallest absolute Gasteiger partial charge is 0.251 e. The lowest BCUT2D eigenvalue weighted by Gasteiger charge is -2.23. The highest BCUT2D eigenvalue weighted by molar-refractivity contribution is 14.1. The van der Waals surface area contributed by atoms with Crippen LogP contribution in [0.4, 0.5) is 0 Å². The van der Waals surface area contributed by atoms with Gasteiger partial charge in [-0.25, -0.2) is 0 Å². The van der Waals surface area contributed by atoms with Gasteiger partial charge in [0.05, 0.1) is 5.02 Å². The van der Waals surface area contributed by atoms with E-state index in [1.807, 2.05) is 20.8 Å². The lowest BCUT2D eigenvalue weighted by molar-refractivity contribution is -0.124. The van der Waals surface area contributed by atoms with Crippen LogP contribution in [0.25, 0.3) is 0 Å². The number of halogens is 2. The molecule has 2 amide bonds. The van der Waals surface area contributed by atoms with Gasteiger partial charge in [0.1, 0.15) is 6.04 Å². The normalized spacial score (nSPS) is 12.7. The molecule has 6 heteroatoms. The van der Waals surface area contributed by atoms with Crippen molar-refractivity contribution in [1.29, 1.82) is 0 Å². The molecule has 0 aromatic heterocycles. The number of amides is 2. The molecule has 0 bridgehead atoms. The van der Waals surface area contributed by atoms with Gasteiger partial charge in [0.15, 0.2) is 0 Å². The molecule has 1 aromatic rings. The van der Waals surface area contributed by atoms with Crippen LogP contribution in [0.15, 0.2) is 18.2 Å². The van der Waals surface area contributed by atoms with Crippen molar-refractivity contribution in [2.24, 2.45) is 0 Å². The van der Waals surface area contributed by atoms with Gasteiger partial charge in [-0.1, -0.05) is 11.6 Å². The van der Waals surface area contributed by atoms with E-state index in [0.29, 0.717) is 10.6 Å². The summed E-state index contributed by atoms with van der Waals surface area (Å²) in [4.78, 5) is 23.9. The van der Waals surface area contributed by atoms with Crippen molar-refractivity contribution in [3.05, 3.63) is 32.4 Å². The highest BCUT2D eigenvalue weighted by Gasteiger charge is 2.21. The fourth-order valence-corrected chi connectivity index (χ4v) is 1.98. The zero-order chi connectivity index (χ0) is 15.5. The summed E-state index contributed by atoms with van der Waals surface area (Å²) in [7, 11) is 0. The van der Waals surface area contributed by atoms with Crippen LogP contribution in [0.1, 0.15) is 38.1 Å². The Morgan fingerprint density at radius 2 is 1.90 bits per heavy atom. The second-order valence-electron chi connectivity index (χ2n) is 5.56. The summed E-state index contributed by atoms with van der Waals surface area (Å²) in [6.45, 7) is 7.31. The van der Waals surface area contributed by atoms with Crippen LogP contribution in [0.5, 0.6) is 0 Å². The first-order valence-electron chi connectivity index (χ1n) is 6.18. The third kappa shape index (κ3) is 5.28.